The van der Waals surface area contributed by atoms with E-state index in [1.54, 1.807) is 6.20 Å². The number of H-pyrrole nitrogens is 1. The molecule has 0 saturated carbocycles. The molecule has 3 aromatic rings. The van der Waals surface area contributed by atoms with E-state index in [0.29, 0.717) is 10.6 Å². The lowest BCUT2D eigenvalue weighted by atomic mass is 9.96. The highest BCUT2D eigenvalue weighted by molar-refractivity contribution is 7.16. The molecular weight excluding hydrogens is 440 g/mol. The number of aromatic amines is 1. The topological polar surface area (TPSA) is 124 Å². The summed E-state index contributed by atoms with van der Waals surface area (Å²) < 4.78 is 5.22. The van der Waals surface area contributed by atoms with Crippen LogP contribution in [0, 0.1) is 11.3 Å². The van der Waals surface area contributed by atoms with Crippen LogP contribution < -0.4 is 10.6 Å². The van der Waals surface area contributed by atoms with Gasteiger partial charge in [0.2, 0.25) is 5.91 Å². The van der Waals surface area contributed by atoms with Gasteiger partial charge in [-0.25, -0.2) is 4.79 Å². The van der Waals surface area contributed by atoms with Crippen molar-refractivity contribution < 1.29 is 19.1 Å². The first-order valence-electron chi connectivity index (χ1n) is 10.8. The number of nitriles is 1. The van der Waals surface area contributed by atoms with E-state index in [9.17, 15) is 19.6 Å². The lowest BCUT2D eigenvalue weighted by Crippen LogP contribution is -2.43. The number of thiophene rings is 1. The summed E-state index contributed by atoms with van der Waals surface area (Å²) in [4.78, 5) is 41.1. The first-order chi connectivity index (χ1) is 16.0. The normalized spacial score (nSPS) is 13.6. The van der Waals surface area contributed by atoms with Gasteiger partial charge in [-0.3, -0.25) is 9.59 Å². The number of nitrogens with zero attached hydrogens (tertiary/aromatic N) is 1. The number of carbonyl (C=O) groups excluding carboxylic acids is 3. The lowest BCUT2D eigenvalue weighted by molar-refractivity contribution is -0.150. The van der Waals surface area contributed by atoms with Gasteiger partial charge in [-0.2, -0.15) is 5.26 Å². The molecule has 4 rings (SSSR count). The number of aromatic nitrogens is 1. The first kappa shape index (κ1) is 22.6. The number of para-hydroxylation sites is 1. The van der Waals surface area contributed by atoms with E-state index in [-0.39, 0.29) is 12.3 Å². The van der Waals surface area contributed by atoms with Crippen molar-refractivity contribution in [2.45, 2.75) is 45.1 Å². The maximum Gasteiger partial charge on any atom is 0.329 e. The predicted octanol–water partition coefficient (Wildman–Crippen LogP) is 3.21. The third kappa shape index (κ3) is 5.07. The van der Waals surface area contributed by atoms with Gasteiger partial charge in [-0.05, 0) is 42.9 Å². The minimum absolute atomic E-state index is 0.222. The molecule has 33 heavy (non-hydrogen) atoms. The predicted molar refractivity (Wildman–Crippen MR) is 125 cm³/mol. The van der Waals surface area contributed by atoms with Crippen molar-refractivity contribution in [2.75, 3.05) is 11.9 Å². The number of anilines is 1. The average molecular weight is 465 g/mol. The number of esters is 1. The monoisotopic (exact) mass is 464 g/mol. The molecule has 1 atom stereocenters. The molecule has 0 fully saturated rings. The Hall–Kier alpha value is -3.64. The SMILES string of the molecule is CC(=O)N[C@H](Cc1c[nH]c2ccccc12)C(=O)OCC(=O)Nc1sc2c(c1C#N)CCCC2. The van der Waals surface area contributed by atoms with E-state index in [0.717, 1.165) is 52.6 Å². The molecule has 0 saturated heterocycles. The second kappa shape index (κ2) is 9.88. The van der Waals surface area contributed by atoms with Crippen LogP contribution in [0.2, 0.25) is 0 Å². The van der Waals surface area contributed by atoms with Crippen LogP contribution in [-0.4, -0.2) is 35.4 Å². The van der Waals surface area contributed by atoms with E-state index in [4.69, 9.17) is 4.74 Å². The first-order valence-corrected chi connectivity index (χ1v) is 11.6. The Morgan fingerprint density at radius 3 is 2.82 bits per heavy atom. The number of amides is 2. The van der Waals surface area contributed by atoms with Gasteiger partial charge in [0, 0.05) is 35.3 Å². The van der Waals surface area contributed by atoms with E-state index in [2.05, 4.69) is 21.7 Å². The maximum absolute atomic E-state index is 12.7. The van der Waals surface area contributed by atoms with Gasteiger partial charge in [-0.1, -0.05) is 18.2 Å². The van der Waals surface area contributed by atoms with Gasteiger partial charge in [0.15, 0.2) is 6.61 Å². The van der Waals surface area contributed by atoms with Crippen LogP contribution in [-0.2, 0) is 38.4 Å². The number of benzene rings is 1. The maximum atomic E-state index is 12.7. The van der Waals surface area contributed by atoms with Crippen LogP contribution in [0.25, 0.3) is 10.9 Å². The number of hydrogen-bond donors (Lipinski definition) is 3. The van der Waals surface area contributed by atoms with E-state index in [1.165, 1.54) is 18.3 Å². The molecule has 2 amide bonds. The Morgan fingerprint density at radius 1 is 1.24 bits per heavy atom. The molecule has 0 unspecified atom stereocenters. The van der Waals surface area contributed by atoms with Crippen molar-refractivity contribution in [1.82, 2.24) is 10.3 Å². The Labute approximate surface area is 194 Å². The van der Waals surface area contributed by atoms with Crippen LogP contribution in [0.4, 0.5) is 5.00 Å². The number of aryl methyl sites for hydroxylation is 1. The van der Waals surface area contributed by atoms with Gasteiger partial charge < -0.3 is 20.4 Å². The molecule has 170 valence electrons. The summed E-state index contributed by atoms with van der Waals surface area (Å²) in [6.07, 6.45) is 5.87. The quantitative estimate of drug-likeness (QED) is 0.463. The Balaban J connectivity index is 1.40. The summed E-state index contributed by atoms with van der Waals surface area (Å²) in [7, 11) is 0. The molecule has 8 nitrogen and oxygen atoms in total. The number of fused-ring (bicyclic) bond motifs is 2. The van der Waals surface area contributed by atoms with Crippen LogP contribution in [0.15, 0.2) is 30.5 Å². The molecule has 0 bridgehead atoms. The fourth-order valence-electron chi connectivity index (χ4n) is 4.13. The molecular formula is C24H24N4O4S. The Bertz CT molecular complexity index is 1250. The van der Waals surface area contributed by atoms with Crippen LogP contribution in [0.5, 0.6) is 0 Å². The van der Waals surface area contributed by atoms with Gasteiger partial charge in [0.25, 0.3) is 5.91 Å². The summed E-state index contributed by atoms with van der Waals surface area (Å²) in [6.45, 7) is 0.820. The van der Waals surface area contributed by atoms with Crippen molar-refractivity contribution >= 4 is 45.0 Å². The van der Waals surface area contributed by atoms with Gasteiger partial charge in [0.1, 0.15) is 17.1 Å². The van der Waals surface area contributed by atoms with Crippen LogP contribution in [0.3, 0.4) is 0 Å². The summed E-state index contributed by atoms with van der Waals surface area (Å²) in [6, 6.07) is 8.91. The molecule has 2 heterocycles. The number of carbonyl (C=O) groups is 3. The summed E-state index contributed by atoms with van der Waals surface area (Å²) >= 11 is 1.41. The molecule has 1 aromatic carbocycles. The number of nitrogens with one attached hydrogen (secondary N) is 3. The average Bonchev–Trinajstić information content (AvgIpc) is 3.37. The molecule has 0 radical (unpaired) electrons. The standard InChI is InChI=1S/C24H24N4O4S/c1-14(29)27-20(10-15-12-26-19-8-4-2-6-16(15)19)24(31)32-13-22(30)28-23-18(11-25)17-7-3-5-9-21(17)33-23/h2,4,6,8,12,20,26H,3,5,7,9-10,13H2,1H3,(H,27,29)(H,28,30)/t20-/m1/s1. The van der Waals surface area contributed by atoms with E-state index < -0.39 is 24.5 Å². The fourth-order valence-corrected chi connectivity index (χ4v) is 5.39. The molecule has 0 aliphatic heterocycles. The highest BCUT2D eigenvalue weighted by atomic mass is 32.1. The van der Waals surface area contributed by atoms with Crippen molar-refractivity contribution in [3.63, 3.8) is 0 Å². The zero-order valence-electron chi connectivity index (χ0n) is 18.2. The van der Waals surface area contributed by atoms with Gasteiger partial charge >= 0.3 is 5.97 Å². The lowest BCUT2D eigenvalue weighted by Gasteiger charge is -2.16. The Morgan fingerprint density at radius 2 is 2.03 bits per heavy atom. The zero-order chi connectivity index (χ0) is 23.4. The number of ether oxygens (including phenoxy) is 1. The molecule has 3 N–H and O–H groups in total. The summed E-state index contributed by atoms with van der Waals surface area (Å²) in [5.74, 6) is -1.59. The second-order valence-electron chi connectivity index (χ2n) is 8.00. The third-order valence-electron chi connectivity index (χ3n) is 5.64. The van der Waals surface area contributed by atoms with E-state index in [1.807, 2.05) is 24.3 Å². The molecule has 0 spiro atoms. The zero-order valence-corrected chi connectivity index (χ0v) is 19.0. The highest BCUT2D eigenvalue weighted by Crippen LogP contribution is 2.37. The summed E-state index contributed by atoms with van der Waals surface area (Å²) in [5, 5.41) is 16.3. The van der Waals surface area contributed by atoms with Crippen LogP contribution >= 0.6 is 11.3 Å². The largest absolute Gasteiger partial charge is 0.454 e. The van der Waals surface area contributed by atoms with Crippen molar-refractivity contribution in [3.05, 3.63) is 52.0 Å². The fraction of sp³-hybridized carbons (Fsp3) is 0.333. The number of rotatable bonds is 7. The van der Waals surface area contributed by atoms with Crippen LogP contribution in [0.1, 0.15) is 41.3 Å². The molecule has 2 aromatic heterocycles. The second-order valence-corrected chi connectivity index (χ2v) is 9.10. The number of hydrogen-bond acceptors (Lipinski definition) is 6. The molecule has 1 aliphatic carbocycles. The van der Waals surface area contributed by atoms with Gasteiger partial charge in [0.05, 0.1) is 5.56 Å². The molecule has 1 aliphatic rings. The van der Waals surface area contributed by atoms with E-state index >= 15 is 0 Å². The smallest absolute Gasteiger partial charge is 0.329 e. The third-order valence-corrected chi connectivity index (χ3v) is 6.85. The van der Waals surface area contributed by atoms with Gasteiger partial charge in [-0.15, -0.1) is 11.3 Å². The van der Waals surface area contributed by atoms with Crippen molar-refractivity contribution in [1.29, 1.82) is 5.26 Å². The minimum Gasteiger partial charge on any atom is -0.454 e. The highest BCUT2D eigenvalue weighted by Gasteiger charge is 2.25. The molecule has 9 heteroatoms. The van der Waals surface area contributed by atoms with Crippen molar-refractivity contribution in [3.8, 4) is 6.07 Å². The summed E-state index contributed by atoms with van der Waals surface area (Å²) in [5.41, 5.74) is 3.30. The van der Waals surface area contributed by atoms with Crippen molar-refractivity contribution in [2.24, 2.45) is 0 Å². The Kier molecular flexibility index (Phi) is 6.75. The minimum atomic E-state index is -0.932.